The molecule has 0 fully saturated rings. The van der Waals surface area contributed by atoms with E-state index in [4.69, 9.17) is 21.1 Å². The van der Waals surface area contributed by atoms with Crippen LogP contribution in [0, 0.1) is 0 Å². The van der Waals surface area contributed by atoms with Crippen LogP contribution in [0.2, 0.25) is 5.02 Å². The molecule has 0 spiro atoms. The standard InChI is InChI=1S/C20H17ClN2O3/c1-20(2)18-17(19(24)23-20)16(10-4-3-5-11(21)6-10)12-7-14-15(26-9-25-14)8-13(12)22-18/h3-8,16,22H,9H2,1-2H3,(H,23,24). The van der Waals surface area contributed by atoms with E-state index in [0.29, 0.717) is 16.5 Å². The summed E-state index contributed by atoms with van der Waals surface area (Å²) in [5.41, 5.74) is 4.00. The molecule has 0 saturated heterocycles. The molecule has 0 aliphatic carbocycles. The number of halogens is 1. The number of ether oxygens (including phenoxy) is 2. The number of amides is 1. The molecule has 6 heteroatoms. The summed E-state index contributed by atoms with van der Waals surface area (Å²) in [6, 6.07) is 11.6. The zero-order valence-corrected chi connectivity index (χ0v) is 15.1. The van der Waals surface area contributed by atoms with Crippen LogP contribution < -0.4 is 20.1 Å². The molecule has 2 aromatic rings. The average Bonchev–Trinajstić information content (AvgIpc) is 3.13. The first-order valence-electron chi connectivity index (χ1n) is 8.47. The van der Waals surface area contributed by atoms with Gasteiger partial charge in [0.2, 0.25) is 6.79 Å². The minimum absolute atomic E-state index is 0.0641. The number of rotatable bonds is 1. The lowest BCUT2D eigenvalue weighted by atomic mass is 9.79. The molecule has 5 rings (SSSR count). The van der Waals surface area contributed by atoms with Crippen molar-refractivity contribution in [3.05, 3.63) is 63.8 Å². The highest BCUT2D eigenvalue weighted by Gasteiger charge is 2.45. The Morgan fingerprint density at radius 1 is 1.15 bits per heavy atom. The molecule has 3 aliphatic rings. The molecule has 5 nitrogen and oxygen atoms in total. The van der Waals surface area contributed by atoms with E-state index in [-0.39, 0.29) is 18.6 Å². The fraction of sp³-hybridized carbons (Fsp3) is 0.250. The van der Waals surface area contributed by atoms with Crippen LogP contribution in [-0.2, 0) is 4.79 Å². The van der Waals surface area contributed by atoms with Crippen LogP contribution in [0.15, 0.2) is 47.7 Å². The summed E-state index contributed by atoms with van der Waals surface area (Å²) in [5, 5.41) is 7.16. The lowest BCUT2D eigenvalue weighted by molar-refractivity contribution is -0.117. The average molecular weight is 369 g/mol. The maximum atomic E-state index is 12.8. The summed E-state index contributed by atoms with van der Waals surface area (Å²) in [7, 11) is 0. The predicted octanol–water partition coefficient (Wildman–Crippen LogP) is 3.79. The van der Waals surface area contributed by atoms with Crippen molar-refractivity contribution in [3.63, 3.8) is 0 Å². The SMILES string of the molecule is CC1(C)NC(=O)C2=C1Nc1cc3c(cc1C2c1cccc(Cl)c1)OCO3. The molecule has 26 heavy (non-hydrogen) atoms. The van der Waals surface area contributed by atoms with E-state index in [2.05, 4.69) is 10.6 Å². The number of nitrogens with one attached hydrogen (secondary N) is 2. The second-order valence-electron chi connectivity index (χ2n) is 7.27. The third-order valence-corrected chi connectivity index (χ3v) is 5.39. The van der Waals surface area contributed by atoms with Crippen molar-refractivity contribution < 1.29 is 14.3 Å². The highest BCUT2D eigenvalue weighted by molar-refractivity contribution is 6.30. The molecule has 0 saturated carbocycles. The number of hydrogen-bond donors (Lipinski definition) is 2. The van der Waals surface area contributed by atoms with Crippen molar-refractivity contribution in [1.29, 1.82) is 0 Å². The van der Waals surface area contributed by atoms with Gasteiger partial charge in [0.15, 0.2) is 11.5 Å². The Bertz CT molecular complexity index is 997. The topological polar surface area (TPSA) is 59.6 Å². The molecule has 1 atom stereocenters. The van der Waals surface area contributed by atoms with Crippen LogP contribution in [0.4, 0.5) is 5.69 Å². The molecular weight excluding hydrogens is 352 g/mol. The van der Waals surface area contributed by atoms with Gasteiger partial charge in [-0.3, -0.25) is 4.79 Å². The van der Waals surface area contributed by atoms with Crippen molar-refractivity contribution in [3.8, 4) is 11.5 Å². The molecule has 3 heterocycles. The molecule has 1 unspecified atom stereocenters. The zero-order chi connectivity index (χ0) is 18.1. The van der Waals surface area contributed by atoms with E-state index in [1.807, 2.05) is 50.2 Å². The third-order valence-electron chi connectivity index (χ3n) is 5.15. The van der Waals surface area contributed by atoms with E-state index in [9.17, 15) is 4.79 Å². The van der Waals surface area contributed by atoms with Crippen molar-refractivity contribution >= 4 is 23.2 Å². The number of carbonyl (C=O) groups excluding carboxylic acids is 1. The highest BCUT2D eigenvalue weighted by Crippen LogP contribution is 2.50. The molecule has 2 N–H and O–H groups in total. The number of benzene rings is 2. The third kappa shape index (κ3) is 2.13. The maximum Gasteiger partial charge on any atom is 0.250 e. The lowest BCUT2D eigenvalue weighted by Crippen LogP contribution is -2.40. The summed E-state index contributed by atoms with van der Waals surface area (Å²) < 4.78 is 11.1. The Hall–Kier alpha value is -2.66. The quantitative estimate of drug-likeness (QED) is 0.804. The zero-order valence-electron chi connectivity index (χ0n) is 14.4. The van der Waals surface area contributed by atoms with Crippen molar-refractivity contribution in [1.82, 2.24) is 5.32 Å². The van der Waals surface area contributed by atoms with Crippen molar-refractivity contribution in [2.75, 3.05) is 12.1 Å². The summed E-state index contributed by atoms with van der Waals surface area (Å²) in [5.74, 6) is 1.11. The minimum Gasteiger partial charge on any atom is -0.454 e. The maximum absolute atomic E-state index is 12.8. The van der Waals surface area contributed by atoms with Gasteiger partial charge in [0.25, 0.3) is 5.91 Å². The van der Waals surface area contributed by atoms with Gasteiger partial charge in [0, 0.05) is 22.7 Å². The highest BCUT2D eigenvalue weighted by atomic mass is 35.5. The minimum atomic E-state index is -0.475. The van der Waals surface area contributed by atoms with Gasteiger partial charge in [-0.05, 0) is 43.2 Å². The van der Waals surface area contributed by atoms with Crippen LogP contribution in [-0.4, -0.2) is 18.2 Å². The first kappa shape index (κ1) is 15.6. The van der Waals surface area contributed by atoms with Crippen LogP contribution in [0.1, 0.15) is 30.9 Å². The molecule has 2 aromatic carbocycles. The monoisotopic (exact) mass is 368 g/mol. The van der Waals surface area contributed by atoms with Gasteiger partial charge in [-0.15, -0.1) is 0 Å². The Morgan fingerprint density at radius 3 is 2.69 bits per heavy atom. The number of anilines is 1. The van der Waals surface area contributed by atoms with Crippen LogP contribution in [0.25, 0.3) is 0 Å². The second-order valence-corrected chi connectivity index (χ2v) is 7.71. The van der Waals surface area contributed by atoms with Crippen LogP contribution in [0.5, 0.6) is 11.5 Å². The summed E-state index contributed by atoms with van der Waals surface area (Å²) >= 11 is 6.24. The molecule has 0 bridgehead atoms. The summed E-state index contributed by atoms with van der Waals surface area (Å²) in [6.45, 7) is 4.19. The predicted molar refractivity (Wildman–Crippen MR) is 98.7 cm³/mol. The van der Waals surface area contributed by atoms with Gasteiger partial charge in [-0.1, -0.05) is 23.7 Å². The van der Waals surface area contributed by atoms with Crippen LogP contribution in [0.3, 0.4) is 0 Å². The van der Waals surface area contributed by atoms with Gasteiger partial charge in [-0.2, -0.15) is 0 Å². The van der Waals surface area contributed by atoms with Crippen molar-refractivity contribution in [2.45, 2.75) is 25.3 Å². The number of fused-ring (bicyclic) bond motifs is 2. The molecular formula is C20H17ClN2O3. The van der Waals surface area contributed by atoms with E-state index in [1.54, 1.807) is 0 Å². The van der Waals surface area contributed by atoms with E-state index in [0.717, 1.165) is 28.1 Å². The van der Waals surface area contributed by atoms with Gasteiger partial charge in [0.1, 0.15) is 0 Å². The largest absolute Gasteiger partial charge is 0.454 e. The number of carbonyl (C=O) groups is 1. The fourth-order valence-corrected chi connectivity index (χ4v) is 4.19. The molecule has 0 radical (unpaired) electrons. The Morgan fingerprint density at radius 2 is 1.92 bits per heavy atom. The first-order chi connectivity index (χ1) is 12.4. The van der Waals surface area contributed by atoms with E-state index in [1.165, 1.54) is 0 Å². The molecule has 0 aromatic heterocycles. The van der Waals surface area contributed by atoms with Crippen molar-refractivity contribution in [2.24, 2.45) is 0 Å². The Balaban J connectivity index is 1.78. The molecule has 3 aliphatic heterocycles. The van der Waals surface area contributed by atoms with Gasteiger partial charge in [-0.25, -0.2) is 0 Å². The lowest BCUT2D eigenvalue weighted by Gasteiger charge is -2.31. The van der Waals surface area contributed by atoms with E-state index >= 15 is 0 Å². The molecule has 1 amide bonds. The van der Waals surface area contributed by atoms with Gasteiger partial charge >= 0.3 is 0 Å². The first-order valence-corrected chi connectivity index (χ1v) is 8.85. The van der Waals surface area contributed by atoms with Gasteiger partial charge < -0.3 is 20.1 Å². The van der Waals surface area contributed by atoms with Crippen LogP contribution >= 0.6 is 11.6 Å². The fourth-order valence-electron chi connectivity index (χ4n) is 3.99. The summed E-state index contributed by atoms with van der Waals surface area (Å²) in [4.78, 5) is 12.8. The smallest absolute Gasteiger partial charge is 0.250 e. The van der Waals surface area contributed by atoms with Gasteiger partial charge in [0.05, 0.1) is 16.8 Å². The normalized spacial score (nSPS) is 21.8. The second kappa shape index (κ2) is 5.17. The number of hydrogen-bond acceptors (Lipinski definition) is 4. The summed E-state index contributed by atoms with van der Waals surface area (Å²) in [6.07, 6.45) is 0. The molecule has 132 valence electrons. The Labute approximate surface area is 155 Å². The van der Waals surface area contributed by atoms with E-state index < -0.39 is 5.54 Å². The Kier molecular flexibility index (Phi) is 3.10.